The van der Waals surface area contributed by atoms with Gasteiger partial charge in [0.05, 0.1) is 18.4 Å². The fourth-order valence-electron chi connectivity index (χ4n) is 2.06. The van der Waals surface area contributed by atoms with Gasteiger partial charge in [0, 0.05) is 13.6 Å². The molecule has 2 N–H and O–H groups in total. The lowest BCUT2D eigenvalue weighted by molar-refractivity contribution is -0.141. The maximum Gasteiger partial charge on any atom is 0.307 e. The lowest BCUT2D eigenvalue weighted by Crippen LogP contribution is -2.32. The van der Waals surface area contributed by atoms with Crippen LogP contribution in [0.1, 0.15) is 13.8 Å². The number of carboxylic acids is 1. The van der Waals surface area contributed by atoms with Crippen molar-refractivity contribution in [3.8, 4) is 0 Å². The fourth-order valence-corrected chi connectivity index (χ4v) is 2.06. The van der Waals surface area contributed by atoms with Gasteiger partial charge in [-0.25, -0.2) is 0 Å². The Balaban J connectivity index is 2.67. The van der Waals surface area contributed by atoms with Gasteiger partial charge < -0.3 is 15.1 Å². The lowest BCUT2D eigenvalue weighted by atomic mass is 10.1. The molecule has 0 spiro atoms. The number of carbonyl (C=O) groups is 2. The summed E-state index contributed by atoms with van der Waals surface area (Å²) >= 11 is 0. The van der Waals surface area contributed by atoms with Gasteiger partial charge in [-0.05, 0) is 5.41 Å². The van der Waals surface area contributed by atoms with Gasteiger partial charge in [0.25, 0.3) is 0 Å². The molecule has 0 bridgehead atoms. The summed E-state index contributed by atoms with van der Waals surface area (Å²) in [6.07, 6.45) is 0. The van der Waals surface area contributed by atoms with E-state index in [2.05, 4.69) is 0 Å². The standard InChI is InChI=1S/C10H17NO4/c1-10(2)6(7(10)9(14)15)8(13)11(3)4-5-12/h6-7,12H,4-5H2,1-3H3,(H,14,15)/t6-,7+/m1/s1. The SMILES string of the molecule is CN(CCO)C(=O)[C@H]1[C@@H](C(=O)O)C1(C)C. The summed E-state index contributed by atoms with van der Waals surface area (Å²) < 4.78 is 0. The summed E-state index contributed by atoms with van der Waals surface area (Å²) in [7, 11) is 1.58. The number of likely N-dealkylation sites (N-methyl/N-ethyl adjacent to an activating group) is 1. The van der Waals surface area contributed by atoms with Crippen LogP contribution in [-0.4, -0.2) is 47.2 Å². The van der Waals surface area contributed by atoms with Crippen LogP contribution in [0.25, 0.3) is 0 Å². The molecule has 0 aromatic carbocycles. The summed E-state index contributed by atoms with van der Waals surface area (Å²) in [6, 6.07) is 0. The van der Waals surface area contributed by atoms with Crippen molar-refractivity contribution < 1.29 is 19.8 Å². The van der Waals surface area contributed by atoms with Crippen LogP contribution in [0, 0.1) is 17.3 Å². The molecule has 1 amide bonds. The van der Waals surface area contributed by atoms with Crippen molar-refractivity contribution in [3.05, 3.63) is 0 Å². The molecule has 0 aromatic rings. The molecule has 1 aliphatic carbocycles. The minimum absolute atomic E-state index is 0.104. The Labute approximate surface area is 88.7 Å². The van der Waals surface area contributed by atoms with E-state index in [4.69, 9.17) is 10.2 Å². The number of nitrogens with zero attached hydrogens (tertiary/aromatic N) is 1. The Kier molecular flexibility index (Phi) is 3.04. The van der Waals surface area contributed by atoms with E-state index in [0.717, 1.165) is 0 Å². The quantitative estimate of drug-likeness (QED) is 0.680. The van der Waals surface area contributed by atoms with Gasteiger partial charge in [0.2, 0.25) is 5.91 Å². The smallest absolute Gasteiger partial charge is 0.307 e. The average Bonchev–Trinajstić information content (AvgIpc) is 2.68. The highest BCUT2D eigenvalue weighted by Crippen LogP contribution is 2.58. The van der Waals surface area contributed by atoms with E-state index in [1.54, 1.807) is 20.9 Å². The number of aliphatic hydroxyl groups excluding tert-OH is 1. The number of hydrogen-bond acceptors (Lipinski definition) is 3. The summed E-state index contributed by atoms with van der Waals surface area (Å²) in [4.78, 5) is 24.0. The molecule has 0 heterocycles. The largest absolute Gasteiger partial charge is 0.481 e. The van der Waals surface area contributed by atoms with Gasteiger partial charge in [-0.3, -0.25) is 9.59 Å². The first kappa shape index (κ1) is 12.0. The molecule has 0 aliphatic heterocycles. The highest BCUT2D eigenvalue weighted by molar-refractivity contribution is 5.91. The van der Waals surface area contributed by atoms with Crippen molar-refractivity contribution in [1.82, 2.24) is 4.90 Å². The van der Waals surface area contributed by atoms with Crippen molar-refractivity contribution in [3.63, 3.8) is 0 Å². The highest BCUT2D eigenvalue weighted by Gasteiger charge is 2.66. The van der Waals surface area contributed by atoms with Gasteiger partial charge in [-0.2, -0.15) is 0 Å². The van der Waals surface area contributed by atoms with Crippen LogP contribution in [-0.2, 0) is 9.59 Å². The van der Waals surface area contributed by atoms with Crippen LogP contribution in [0.3, 0.4) is 0 Å². The second kappa shape index (κ2) is 3.81. The normalized spacial score (nSPS) is 27.2. The van der Waals surface area contributed by atoms with Crippen molar-refractivity contribution in [2.75, 3.05) is 20.2 Å². The van der Waals surface area contributed by atoms with Gasteiger partial charge >= 0.3 is 5.97 Å². The molecule has 0 unspecified atom stereocenters. The van der Waals surface area contributed by atoms with Crippen LogP contribution in [0.2, 0.25) is 0 Å². The third-order valence-electron chi connectivity index (χ3n) is 3.17. The molecule has 1 rings (SSSR count). The number of carbonyl (C=O) groups excluding carboxylic acids is 1. The average molecular weight is 215 g/mol. The third kappa shape index (κ3) is 1.97. The van der Waals surface area contributed by atoms with Gasteiger partial charge in [-0.1, -0.05) is 13.8 Å². The van der Waals surface area contributed by atoms with Crippen LogP contribution < -0.4 is 0 Å². The minimum Gasteiger partial charge on any atom is -0.481 e. The van der Waals surface area contributed by atoms with Crippen molar-refractivity contribution in [2.45, 2.75) is 13.8 Å². The Morgan fingerprint density at radius 2 is 1.87 bits per heavy atom. The molecular formula is C10H17NO4. The maximum atomic E-state index is 11.8. The van der Waals surface area contributed by atoms with E-state index in [1.807, 2.05) is 0 Å². The van der Waals surface area contributed by atoms with E-state index in [9.17, 15) is 9.59 Å². The number of amides is 1. The molecule has 0 radical (unpaired) electrons. The summed E-state index contributed by atoms with van der Waals surface area (Å²) in [5.41, 5.74) is -0.466. The summed E-state index contributed by atoms with van der Waals surface area (Å²) in [5.74, 6) is -2.16. The second-order valence-electron chi connectivity index (χ2n) is 4.60. The minimum atomic E-state index is -0.921. The Bertz CT molecular complexity index is 287. The molecule has 1 fully saturated rings. The maximum absolute atomic E-state index is 11.8. The molecular weight excluding hydrogens is 198 g/mol. The Morgan fingerprint density at radius 3 is 2.20 bits per heavy atom. The molecule has 1 saturated carbocycles. The topological polar surface area (TPSA) is 77.8 Å². The second-order valence-corrected chi connectivity index (χ2v) is 4.60. The zero-order valence-electron chi connectivity index (χ0n) is 9.23. The van der Waals surface area contributed by atoms with Crippen LogP contribution in [0.4, 0.5) is 0 Å². The van der Waals surface area contributed by atoms with E-state index in [-0.39, 0.29) is 19.1 Å². The molecule has 0 aromatic heterocycles. The molecule has 1 aliphatic rings. The first-order valence-electron chi connectivity index (χ1n) is 4.92. The molecule has 15 heavy (non-hydrogen) atoms. The van der Waals surface area contributed by atoms with Gasteiger partial charge in [0.15, 0.2) is 0 Å². The number of aliphatic carboxylic acids is 1. The fraction of sp³-hybridized carbons (Fsp3) is 0.800. The molecule has 86 valence electrons. The Hall–Kier alpha value is -1.10. The van der Waals surface area contributed by atoms with E-state index in [0.29, 0.717) is 0 Å². The molecule has 5 nitrogen and oxygen atoms in total. The van der Waals surface area contributed by atoms with E-state index in [1.165, 1.54) is 4.90 Å². The number of aliphatic hydroxyl groups is 1. The molecule has 5 heteroatoms. The zero-order valence-corrected chi connectivity index (χ0v) is 9.23. The number of rotatable bonds is 4. The Morgan fingerprint density at radius 1 is 1.33 bits per heavy atom. The van der Waals surface area contributed by atoms with Gasteiger partial charge in [0.1, 0.15) is 0 Å². The first-order chi connectivity index (χ1) is 6.84. The summed E-state index contributed by atoms with van der Waals surface area (Å²) in [5, 5.41) is 17.6. The molecule has 0 saturated heterocycles. The van der Waals surface area contributed by atoms with Crippen LogP contribution >= 0.6 is 0 Å². The lowest BCUT2D eigenvalue weighted by Gasteiger charge is -2.16. The molecule has 2 atom stereocenters. The highest BCUT2D eigenvalue weighted by atomic mass is 16.4. The third-order valence-corrected chi connectivity index (χ3v) is 3.17. The van der Waals surface area contributed by atoms with Gasteiger partial charge in [-0.15, -0.1) is 0 Å². The monoisotopic (exact) mass is 215 g/mol. The van der Waals surface area contributed by atoms with E-state index < -0.39 is 23.2 Å². The van der Waals surface area contributed by atoms with Crippen molar-refractivity contribution >= 4 is 11.9 Å². The zero-order chi connectivity index (χ0) is 11.8. The van der Waals surface area contributed by atoms with Crippen molar-refractivity contribution in [2.24, 2.45) is 17.3 Å². The number of hydrogen-bond donors (Lipinski definition) is 2. The van der Waals surface area contributed by atoms with Crippen molar-refractivity contribution in [1.29, 1.82) is 0 Å². The predicted molar refractivity (Wildman–Crippen MR) is 53.1 cm³/mol. The summed E-state index contributed by atoms with van der Waals surface area (Å²) in [6.45, 7) is 3.70. The van der Waals surface area contributed by atoms with Crippen LogP contribution in [0.15, 0.2) is 0 Å². The first-order valence-corrected chi connectivity index (χ1v) is 4.92. The predicted octanol–water partition coefficient (Wildman–Crippen LogP) is -0.206. The van der Waals surface area contributed by atoms with E-state index >= 15 is 0 Å². The van der Waals surface area contributed by atoms with Crippen LogP contribution in [0.5, 0.6) is 0 Å². The number of carboxylic acid groups (broad SMARTS) is 1.